The van der Waals surface area contributed by atoms with Crippen LogP contribution in [0.15, 0.2) is 42.5 Å². The first kappa shape index (κ1) is 20.0. The minimum atomic E-state index is -0.619. The van der Waals surface area contributed by atoms with Crippen LogP contribution in [0.2, 0.25) is 0 Å². The average molecular weight is 412 g/mol. The molecule has 0 aliphatic carbocycles. The van der Waals surface area contributed by atoms with Crippen molar-refractivity contribution in [3.05, 3.63) is 65.4 Å². The van der Waals surface area contributed by atoms with Crippen LogP contribution in [-0.4, -0.2) is 45.3 Å². The Morgan fingerprint density at radius 2 is 2.07 bits per heavy atom. The van der Waals surface area contributed by atoms with E-state index in [1.807, 2.05) is 25.1 Å². The molecule has 1 fully saturated rings. The molecule has 2 aromatic carbocycles. The van der Waals surface area contributed by atoms with Crippen molar-refractivity contribution in [3.8, 4) is 0 Å². The molecule has 6 nitrogen and oxygen atoms in total. The van der Waals surface area contributed by atoms with Crippen molar-refractivity contribution in [1.82, 2.24) is 15.1 Å². The van der Waals surface area contributed by atoms with Crippen molar-refractivity contribution in [2.24, 2.45) is 0 Å². The Hall–Kier alpha value is -3.26. The van der Waals surface area contributed by atoms with E-state index in [4.69, 9.17) is 0 Å². The van der Waals surface area contributed by atoms with Crippen molar-refractivity contribution < 1.29 is 18.7 Å². The summed E-state index contributed by atoms with van der Waals surface area (Å²) in [5, 5.41) is 20.8. The van der Waals surface area contributed by atoms with Gasteiger partial charge in [-0.2, -0.15) is 5.10 Å². The van der Waals surface area contributed by atoms with Gasteiger partial charge >= 0.3 is 0 Å². The van der Waals surface area contributed by atoms with E-state index in [0.717, 1.165) is 22.7 Å². The van der Waals surface area contributed by atoms with Gasteiger partial charge in [0.05, 0.1) is 17.3 Å². The molecular formula is C22H22F2N4O2. The second kappa shape index (κ2) is 8.23. The fraction of sp³-hybridized carbons (Fsp3) is 0.273. The Bertz CT molecular complexity index is 1090. The van der Waals surface area contributed by atoms with Crippen LogP contribution < -0.4 is 5.32 Å². The fourth-order valence-electron chi connectivity index (χ4n) is 3.61. The lowest BCUT2D eigenvalue weighted by Crippen LogP contribution is -2.27. The molecule has 1 unspecified atom stereocenters. The molecule has 8 heteroatoms. The number of likely N-dealkylation sites (tertiary alicyclic amines) is 1. The highest BCUT2D eigenvalue weighted by Crippen LogP contribution is 2.26. The van der Waals surface area contributed by atoms with E-state index < -0.39 is 17.7 Å². The number of anilines is 1. The first-order valence-electron chi connectivity index (χ1n) is 9.75. The van der Waals surface area contributed by atoms with Crippen molar-refractivity contribution in [3.63, 3.8) is 0 Å². The summed E-state index contributed by atoms with van der Waals surface area (Å²) in [5.74, 6) is -1.41. The first-order valence-corrected chi connectivity index (χ1v) is 9.75. The zero-order valence-corrected chi connectivity index (χ0v) is 16.4. The van der Waals surface area contributed by atoms with E-state index in [1.165, 1.54) is 18.2 Å². The molecule has 156 valence electrons. The summed E-state index contributed by atoms with van der Waals surface area (Å²) in [7, 11) is 0. The van der Waals surface area contributed by atoms with E-state index in [9.17, 15) is 18.7 Å². The maximum atomic E-state index is 13.5. The number of aromatic nitrogens is 2. The number of nitrogens with zero attached hydrogens (tertiary/aromatic N) is 2. The summed E-state index contributed by atoms with van der Waals surface area (Å²) in [5.41, 5.74) is 2.66. The zero-order chi connectivity index (χ0) is 21.3. The number of aliphatic hydroxyl groups excluding tert-OH is 1. The Kier molecular flexibility index (Phi) is 5.50. The molecule has 1 aliphatic heterocycles. The molecule has 0 bridgehead atoms. The largest absolute Gasteiger partial charge is 0.391 e. The minimum absolute atomic E-state index is 0.168. The number of rotatable bonds is 5. The third-order valence-electron chi connectivity index (χ3n) is 5.22. The van der Waals surface area contributed by atoms with E-state index >= 15 is 0 Å². The predicted molar refractivity (Wildman–Crippen MR) is 111 cm³/mol. The first-order chi connectivity index (χ1) is 14.4. The Morgan fingerprint density at radius 3 is 2.77 bits per heavy atom. The maximum Gasteiger partial charge on any atom is 0.246 e. The van der Waals surface area contributed by atoms with Crippen molar-refractivity contribution >= 4 is 28.6 Å². The molecule has 4 rings (SSSR count). The molecule has 2 atom stereocenters. The number of amides is 1. The predicted octanol–water partition coefficient (Wildman–Crippen LogP) is 3.62. The van der Waals surface area contributed by atoms with Crippen LogP contribution in [0.5, 0.6) is 0 Å². The van der Waals surface area contributed by atoms with Crippen LogP contribution in [0.1, 0.15) is 30.6 Å². The summed E-state index contributed by atoms with van der Waals surface area (Å²) < 4.78 is 27.0. The van der Waals surface area contributed by atoms with Crippen LogP contribution in [-0.2, 0) is 4.79 Å². The van der Waals surface area contributed by atoms with Gasteiger partial charge in [-0.05, 0) is 55.3 Å². The molecule has 0 spiro atoms. The molecule has 2 heterocycles. The standard InChI is InChI=1S/C22H22F2N4O2/c1-13(14-8-15(23)10-16(24)9-14)25-17-2-3-20-19(11-17)21(27-26-20)4-5-22(30)28-7-6-18(29)12-28/h2-5,8-11,13,18,25,29H,6-7,12H2,1H3,(H,26,27)/b5-4+/t13-,18?/m1/s1. The van der Waals surface area contributed by atoms with Gasteiger partial charge in [-0.25, -0.2) is 8.78 Å². The van der Waals surface area contributed by atoms with E-state index in [-0.39, 0.29) is 11.9 Å². The monoisotopic (exact) mass is 412 g/mol. The summed E-state index contributed by atoms with van der Waals surface area (Å²) in [6.45, 7) is 2.70. The van der Waals surface area contributed by atoms with Crippen molar-refractivity contribution in [2.75, 3.05) is 18.4 Å². The van der Waals surface area contributed by atoms with E-state index in [0.29, 0.717) is 30.8 Å². The minimum Gasteiger partial charge on any atom is -0.391 e. The molecule has 1 amide bonds. The highest BCUT2D eigenvalue weighted by atomic mass is 19.1. The molecule has 1 saturated heterocycles. The Morgan fingerprint density at radius 1 is 1.30 bits per heavy atom. The number of benzene rings is 2. The number of halogens is 2. The Balaban J connectivity index is 1.52. The van der Waals surface area contributed by atoms with Crippen LogP contribution in [0.4, 0.5) is 14.5 Å². The summed E-state index contributed by atoms with van der Waals surface area (Å²) in [6, 6.07) is 8.68. The van der Waals surface area contributed by atoms with Gasteiger partial charge in [0.25, 0.3) is 0 Å². The third-order valence-corrected chi connectivity index (χ3v) is 5.22. The number of aliphatic hydroxyl groups is 1. The Labute approximate surface area is 172 Å². The van der Waals surface area contributed by atoms with Crippen LogP contribution in [0.25, 0.3) is 17.0 Å². The van der Waals surface area contributed by atoms with Crippen molar-refractivity contribution in [2.45, 2.75) is 25.5 Å². The quantitative estimate of drug-likeness (QED) is 0.559. The lowest BCUT2D eigenvalue weighted by molar-refractivity contribution is -0.125. The number of H-pyrrole nitrogens is 1. The summed E-state index contributed by atoms with van der Waals surface area (Å²) >= 11 is 0. The number of carbonyl (C=O) groups is 1. The highest BCUT2D eigenvalue weighted by Gasteiger charge is 2.22. The second-order valence-corrected chi connectivity index (χ2v) is 7.50. The van der Waals surface area contributed by atoms with Gasteiger partial charge in [0, 0.05) is 42.3 Å². The highest BCUT2D eigenvalue weighted by molar-refractivity contribution is 5.96. The molecule has 1 aliphatic rings. The number of hydrogen-bond donors (Lipinski definition) is 3. The second-order valence-electron chi connectivity index (χ2n) is 7.50. The number of carbonyl (C=O) groups excluding carboxylic acids is 1. The zero-order valence-electron chi connectivity index (χ0n) is 16.4. The van der Waals surface area contributed by atoms with Gasteiger partial charge in [0.2, 0.25) is 5.91 Å². The number of hydrogen-bond acceptors (Lipinski definition) is 4. The van der Waals surface area contributed by atoms with Gasteiger partial charge in [0.1, 0.15) is 11.6 Å². The van der Waals surface area contributed by atoms with Gasteiger partial charge in [-0.15, -0.1) is 0 Å². The van der Waals surface area contributed by atoms with Crippen LogP contribution in [0, 0.1) is 11.6 Å². The fourth-order valence-corrected chi connectivity index (χ4v) is 3.61. The van der Waals surface area contributed by atoms with Crippen molar-refractivity contribution in [1.29, 1.82) is 0 Å². The maximum absolute atomic E-state index is 13.5. The SMILES string of the molecule is C[C@@H](Nc1ccc2[nH]nc(/C=C/C(=O)N3CCC(O)C3)c2c1)c1cc(F)cc(F)c1. The van der Waals surface area contributed by atoms with Crippen LogP contribution in [0.3, 0.4) is 0 Å². The molecule has 3 aromatic rings. The lowest BCUT2D eigenvalue weighted by atomic mass is 10.1. The third kappa shape index (κ3) is 4.33. The van der Waals surface area contributed by atoms with Gasteiger partial charge in [-0.3, -0.25) is 9.89 Å². The number of nitrogens with one attached hydrogen (secondary N) is 2. The van der Waals surface area contributed by atoms with Gasteiger partial charge < -0.3 is 15.3 Å². The topological polar surface area (TPSA) is 81.2 Å². The lowest BCUT2D eigenvalue weighted by Gasteiger charge is -2.16. The van der Waals surface area contributed by atoms with Crippen LogP contribution >= 0.6 is 0 Å². The normalized spacial score (nSPS) is 17.7. The number of aromatic amines is 1. The summed E-state index contributed by atoms with van der Waals surface area (Å²) in [6.07, 6.45) is 3.22. The average Bonchev–Trinajstić information content (AvgIpc) is 3.31. The molecule has 30 heavy (non-hydrogen) atoms. The number of β-amino-alcohol motifs (C(OH)–C–C–N with tert-alkyl or cyclic N) is 1. The smallest absolute Gasteiger partial charge is 0.246 e. The summed E-state index contributed by atoms with van der Waals surface area (Å²) in [4.78, 5) is 13.9. The van der Waals surface area contributed by atoms with E-state index in [1.54, 1.807) is 11.0 Å². The van der Waals surface area contributed by atoms with Gasteiger partial charge in [-0.1, -0.05) is 0 Å². The molecule has 0 saturated carbocycles. The molecule has 0 radical (unpaired) electrons. The van der Waals surface area contributed by atoms with E-state index in [2.05, 4.69) is 15.5 Å². The molecular weight excluding hydrogens is 390 g/mol. The number of fused-ring (bicyclic) bond motifs is 1. The molecule has 3 N–H and O–H groups in total. The molecule has 1 aromatic heterocycles. The van der Waals surface area contributed by atoms with Gasteiger partial charge in [0.15, 0.2) is 0 Å².